The Labute approximate surface area is 136 Å². The Bertz CT molecular complexity index is 699. The zero-order valence-corrected chi connectivity index (χ0v) is 13.4. The highest BCUT2D eigenvalue weighted by molar-refractivity contribution is 7.98. The van der Waals surface area contributed by atoms with Gasteiger partial charge < -0.3 is 15.2 Å². The van der Waals surface area contributed by atoms with Crippen LogP contribution in [0.2, 0.25) is 5.02 Å². The lowest BCUT2D eigenvalue weighted by atomic mass is 10.2. The van der Waals surface area contributed by atoms with Crippen LogP contribution in [0.15, 0.2) is 23.6 Å². The van der Waals surface area contributed by atoms with E-state index in [1.54, 1.807) is 12.3 Å². The second-order valence-electron chi connectivity index (χ2n) is 4.11. The molecule has 0 unspecified atom stereocenters. The van der Waals surface area contributed by atoms with Crippen molar-refractivity contribution in [3.8, 4) is 5.88 Å². The number of carbonyl (C=O) groups is 1. The largest absolute Gasteiger partial charge is 0.480 e. The van der Waals surface area contributed by atoms with Crippen LogP contribution in [0.5, 0.6) is 5.88 Å². The second kappa shape index (κ2) is 7.28. The van der Waals surface area contributed by atoms with E-state index in [0.29, 0.717) is 22.6 Å². The molecule has 0 aliphatic heterocycles. The summed E-state index contributed by atoms with van der Waals surface area (Å²) in [5, 5.41) is 13.0. The maximum atomic E-state index is 11.2. The van der Waals surface area contributed by atoms with Crippen LogP contribution in [-0.2, 0) is 6.54 Å². The topological polar surface area (TPSA) is 97.2 Å². The fourth-order valence-corrected chi connectivity index (χ4v) is 2.26. The summed E-state index contributed by atoms with van der Waals surface area (Å²) < 4.78 is 4.98. The molecule has 0 atom stereocenters. The van der Waals surface area contributed by atoms with E-state index in [1.807, 2.05) is 6.26 Å². The molecular weight excluding hydrogens is 328 g/mol. The van der Waals surface area contributed by atoms with Gasteiger partial charge in [0.15, 0.2) is 5.16 Å². The molecule has 2 N–H and O–H groups in total. The number of methoxy groups -OCH3 is 1. The van der Waals surface area contributed by atoms with Crippen LogP contribution in [0.25, 0.3) is 0 Å². The molecule has 9 heteroatoms. The van der Waals surface area contributed by atoms with Gasteiger partial charge in [0.1, 0.15) is 16.4 Å². The third kappa shape index (κ3) is 3.77. The van der Waals surface area contributed by atoms with E-state index >= 15 is 0 Å². The van der Waals surface area contributed by atoms with Crippen LogP contribution >= 0.6 is 23.4 Å². The number of ether oxygens (including phenoxy) is 1. The van der Waals surface area contributed by atoms with Gasteiger partial charge in [0, 0.05) is 18.9 Å². The average molecular weight is 341 g/mol. The van der Waals surface area contributed by atoms with Crippen molar-refractivity contribution in [2.24, 2.45) is 0 Å². The van der Waals surface area contributed by atoms with Gasteiger partial charge >= 0.3 is 5.97 Å². The summed E-state index contributed by atoms with van der Waals surface area (Å²) in [6.45, 7) is 0.321. The van der Waals surface area contributed by atoms with Crippen molar-refractivity contribution in [3.63, 3.8) is 0 Å². The average Bonchev–Trinajstić information content (AvgIpc) is 2.52. The van der Waals surface area contributed by atoms with Crippen molar-refractivity contribution in [2.75, 3.05) is 18.7 Å². The minimum atomic E-state index is -1.10. The first-order chi connectivity index (χ1) is 10.5. The summed E-state index contributed by atoms with van der Waals surface area (Å²) in [7, 11) is 1.48. The molecular formula is C13H13ClN4O3S. The number of carboxylic acids is 1. The maximum Gasteiger partial charge on any atom is 0.341 e. The molecule has 2 heterocycles. The minimum absolute atomic E-state index is 0.00497. The van der Waals surface area contributed by atoms with Gasteiger partial charge in [-0.15, -0.1) is 0 Å². The number of hydrogen-bond acceptors (Lipinski definition) is 7. The molecule has 0 aliphatic carbocycles. The van der Waals surface area contributed by atoms with Crippen molar-refractivity contribution >= 4 is 35.1 Å². The molecule has 0 saturated carbocycles. The van der Waals surface area contributed by atoms with Crippen molar-refractivity contribution in [1.29, 1.82) is 0 Å². The first-order valence-corrected chi connectivity index (χ1v) is 7.72. The van der Waals surface area contributed by atoms with Gasteiger partial charge in [-0.1, -0.05) is 23.4 Å². The Hall–Kier alpha value is -2.06. The first-order valence-electron chi connectivity index (χ1n) is 6.11. The number of nitrogens with zero attached hydrogens (tertiary/aromatic N) is 3. The highest BCUT2D eigenvalue weighted by atomic mass is 35.5. The fourth-order valence-electron chi connectivity index (χ4n) is 1.65. The molecule has 0 amide bonds. The Balaban J connectivity index is 2.20. The maximum absolute atomic E-state index is 11.2. The summed E-state index contributed by atoms with van der Waals surface area (Å²) in [4.78, 5) is 23.4. The van der Waals surface area contributed by atoms with E-state index < -0.39 is 5.97 Å². The zero-order valence-electron chi connectivity index (χ0n) is 11.8. The van der Waals surface area contributed by atoms with E-state index in [1.165, 1.54) is 25.1 Å². The molecule has 0 radical (unpaired) electrons. The standard InChI is InChI=1S/C13H13ClN4O3S/c1-21-11-9(14)3-7(5-16-11)4-15-10-8(12(19)20)6-17-13(18-10)22-2/h3,5-6H,4H2,1-2H3,(H,19,20)(H,15,17,18). The minimum Gasteiger partial charge on any atom is -0.480 e. The van der Waals surface area contributed by atoms with Crippen molar-refractivity contribution in [2.45, 2.75) is 11.7 Å². The Morgan fingerprint density at radius 2 is 2.23 bits per heavy atom. The van der Waals surface area contributed by atoms with Gasteiger partial charge in [-0.3, -0.25) is 0 Å². The predicted molar refractivity (Wildman–Crippen MR) is 83.9 cm³/mol. The lowest BCUT2D eigenvalue weighted by molar-refractivity contribution is 0.0697. The predicted octanol–water partition coefficient (Wildman–Crippen LogP) is 2.57. The molecule has 0 fully saturated rings. The molecule has 0 aromatic carbocycles. The van der Waals surface area contributed by atoms with Crippen LogP contribution < -0.4 is 10.1 Å². The van der Waals surface area contributed by atoms with Gasteiger partial charge in [0.25, 0.3) is 0 Å². The third-order valence-electron chi connectivity index (χ3n) is 2.70. The molecule has 2 aromatic rings. The molecule has 0 saturated heterocycles. The second-order valence-corrected chi connectivity index (χ2v) is 5.29. The molecule has 116 valence electrons. The van der Waals surface area contributed by atoms with E-state index in [-0.39, 0.29) is 11.4 Å². The number of rotatable bonds is 6. The molecule has 2 rings (SSSR count). The number of carboxylic acid groups (broad SMARTS) is 1. The van der Waals surface area contributed by atoms with Crippen LogP contribution in [0.1, 0.15) is 15.9 Å². The Morgan fingerprint density at radius 3 is 2.82 bits per heavy atom. The third-order valence-corrected chi connectivity index (χ3v) is 3.53. The summed E-state index contributed by atoms with van der Waals surface area (Å²) in [6.07, 6.45) is 4.68. The number of aromatic nitrogens is 3. The molecule has 22 heavy (non-hydrogen) atoms. The number of anilines is 1. The number of hydrogen-bond donors (Lipinski definition) is 2. The van der Waals surface area contributed by atoms with E-state index in [9.17, 15) is 4.79 Å². The van der Waals surface area contributed by atoms with E-state index in [0.717, 1.165) is 5.56 Å². The van der Waals surface area contributed by atoms with Crippen LogP contribution in [-0.4, -0.2) is 39.4 Å². The van der Waals surface area contributed by atoms with Crippen LogP contribution in [0.3, 0.4) is 0 Å². The number of thioether (sulfide) groups is 1. The van der Waals surface area contributed by atoms with E-state index in [4.69, 9.17) is 21.4 Å². The molecule has 0 spiro atoms. The first kappa shape index (κ1) is 16.3. The van der Waals surface area contributed by atoms with Crippen molar-refractivity contribution in [1.82, 2.24) is 15.0 Å². The monoisotopic (exact) mass is 340 g/mol. The summed E-state index contributed by atoms with van der Waals surface area (Å²) in [6, 6.07) is 1.69. The van der Waals surface area contributed by atoms with Gasteiger partial charge in [0.05, 0.1) is 7.11 Å². The summed E-state index contributed by atoms with van der Waals surface area (Å²) >= 11 is 7.33. The molecule has 0 aliphatic rings. The van der Waals surface area contributed by atoms with Gasteiger partial charge in [0.2, 0.25) is 5.88 Å². The quantitative estimate of drug-likeness (QED) is 0.611. The van der Waals surface area contributed by atoms with Crippen molar-refractivity contribution < 1.29 is 14.6 Å². The van der Waals surface area contributed by atoms with Gasteiger partial charge in [-0.25, -0.2) is 19.7 Å². The zero-order chi connectivity index (χ0) is 16.1. The number of aromatic carboxylic acids is 1. The van der Waals surface area contributed by atoms with Gasteiger partial charge in [-0.2, -0.15) is 0 Å². The highest BCUT2D eigenvalue weighted by Gasteiger charge is 2.13. The molecule has 0 bridgehead atoms. The number of nitrogens with one attached hydrogen (secondary N) is 1. The normalized spacial score (nSPS) is 10.3. The van der Waals surface area contributed by atoms with Crippen LogP contribution in [0.4, 0.5) is 5.82 Å². The Morgan fingerprint density at radius 1 is 1.45 bits per heavy atom. The Kier molecular flexibility index (Phi) is 5.40. The fraction of sp³-hybridized carbons (Fsp3) is 0.231. The van der Waals surface area contributed by atoms with Gasteiger partial charge in [-0.05, 0) is 17.9 Å². The lowest BCUT2D eigenvalue weighted by Gasteiger charge is -2.10. The molecule has 2 aromatic heterocycles. The lowest BCUT2D eigenvalue weighted by Crippen LogP contribution is -2.10. The summed E-state index contributed by atoms with van der Waals surface area (Å²) in [5.74, 6) is -0.511. The number of halogens is 1. The SMILES string of the molecule is COc1ncc(CNc2nc(SC)ncc2C(=O)O)cc1Cl. The van der Waals surface area contributed by atoms with E-state index in [2.05, 4.69) is 20.3 Å². The smallest absolute Gasteiger partial charge is 0.341 e. The molecule has 7 nitrogen and oxygen atoms in total. The summed E-state index contributed by atoms with van der Waals surface area (Å²) in [5.41, 5.74) is 0.775. The highest BCUT2D eigenvalue weighted by Crippen LogP contribution is 2.23. The number of pyridine rings is 1. The van der Waals surface area contributed by atoms with Crippen LogP contribution in [0, 0.1) is 0 Å². The van der Waals surface area contributed by atoms with Crippen molar-refractivity contribution in [3.05, 3.63) is 34.6 Å².